The number of anilines is 1. The molecule has 1 aromatic rings. The number of hydrogen-bond donors (Lipinski definition) is 1. The molecule has 0 unspecified atom stereocenters. The van der Waals surface area contributed by atoms with E-state index in [4.69, 9.17) is 0 Å². The van der Waals surface area contributed by atoms with Gasteiger partial charge in [-0.25, -0.2) is 0 Å². The summed E-state index contributed by atoms with van der Waals surface area (Å²) in [5.41, 5.74) is 1.90. The molecule has 0 aromatic heterocycles. The molecule has 128 valence electrons. The first-order chi connectivity index (χ1) is 11.5. The van der Waals surface area contributed by atoms with Crippen molar-refractivity contribution in [3.63, 3.8) is 0 Å². The summed E-state index contributed by atoms with van der Waals surface area (Å²) < 4.78 is 0. The molecule has 1 aliphatic heterocycles. The number of amides is 3. The third kappa shape index (κ3) is 3.00. The third-order valence-corrected chi connectivity index (χ3v) is 4.99. The molecule has 6 heteroatoms. The van der Waals surface area contributed by atoms with Crippen LogP contribution in [0.3, 0.4) is 0 Å². The van der Waals surface area contributed by atoms with Gasteiger partial charge in [-0.05, 0) is 43.9 Å². The van der Waals surface area contributed by atoms with Crippen molar-refractivity contribution in [2.75, 3.05) is 31.5 Å². The zero-order valence-corrected chi connectivity index (χ0v) is 14.2. The highest BCUT2D eigenvalue weighted by molar-refractivity contribution is 6.13. The van der Waals surface area contributed by atoms with Gasteiger partial charge in [-0.2, -0.15) is 0 Å². The van der Waals surface area contributed by atoms with Crippen LogP contribution in [0.4, 0.5) is 5.69 Å². The summed E-state index contributed by atoms with van der Waals surface area (Å²) >= 11 is 0. The maximum absolute atomic E-state index is 12.8. The Labute approximate surface area is 141 Å². The molecule has 1 heterocycles. The SMILES string of the molecule is Cc1ccc(C)c(NC(=O)C2(C(=O)N3CCN(C=O)CC3)CC2)c1. The molecule has 3 rings (SSSR count). The lowest BCUT2D eigenvalue weighted by Crippen LogP contribution is -2.52. The molecular weight excluding hydrogens is 306 g/mol. The Morgan fingerprint density at radius 2 is 1.79 bits per heavy atom. The Kier molecular flexibility index (Phi) is 4.30. The Morgan fingerprint density at radius 1 is 1.12 bits per heavy atom. The summed E-state index contributed by atoms with van der Waals surface area (Å²) in [6.07, 6.45) is 1.99. The summed E-state index contributed by atoms with van der Waals surface area (Å²) in [4.78, 5) is 39.7. The smallest absolute Gasteiger partial charge is 0.240 e. The molecule has 1 saturated heterocycles. The molecule has 6 nitrogen and oxygen atoms in total. The van der Waals surface area contributed by atoms with Gasteiger partial charge in [0, 0.05) is 31.9 Å². The first-order valence-corrected chi connectivity index (χ1v) is 8.34. The Balaban J connectivity index is 1.69. The van der Waals surface area contributed by atoms with E-state index in [1.807, 2.05) is 32.0 Å². The van der Waals surface area contributed by atoms with Gasteiger partial charge in [0.1, 0.15) is 5.41 Å². The minimum absolute atomic E-state index is 0.101. The number of carbonyl (C=O) groups is 3. The number of aryl methyl sites for hydroxylation is 2. The maximum atomic E-state index is 12.8. The second-order valence-electron chi connectivity index (χ2n) is 6.79. The van der Waals surface area contributed by atoms with Crippen LogP contribution in [0.15, 0.2) is 18.2 Å². The monoisotopic (exact) mass is 329 g/mol. The van der Waals surface area contributed by atoms with Crippen LogP contribution in [-0.4, -0.2) is 54.2 Å². The highest BCUT2D eigenvalue weighted by Gasteiger charge is 2.58. The average Bonchev–Trinajstić information content (AvgIpc) is 3.39. The topological polar surface area (TPSA) is 69.7 Å². The number of rotatable bonds is 4. The van der Waals surface area contributed by atoms with Gasteiger partial charge in [-0.3, -0.25) is 14.4 Å². The minimum atomic E-state index is -0.917. The Hall–Kier alpha value is -2.37. The maximum Gasteiger partial charge on any atom is 0.240 e. The highest BCUT2D eigenvalue weighted by atomic mass is 16.2. The minimum Gasteiger partial charge on any atom is -0.342 e. The second-order valence-corrected chi connectivity index (χ2v) is 6.79. The van der Waals surface area contributed by atoms with Crippen LogP contribution < -0.4 is 5.32 Å². The first-order valence-electron chi connectivity index (χ1n) is 8.34. The van der Waals surface area contributed by atoms with Crippen LogP contribution in [0.25, 0.3) is 0 Å². The summed E-state index contributed by atoms with van der Waals surface area (Å²) in [5.74, 6) is -0.310. The van der Waals surface area contributed by atoms with Crippen molar-refractivity contribution in [3.8, 4) is 0 Å². The third-order valence-electron chi connectivity index (χ3n) is 4.99. The molecule has 0 atom stereocenters. The van der Waals surface area contributed by atoms with E-state index in [-0.39, 0.29) is 11.8 Å². The predicted octanol–water partition coefficient (Wildman–Crippen LogP) is 1.32. The van der Waals surface area contributed by atoms with Gasteiger partial charge < -0.3 is 15.1 Å². The molecule has 2 aliphatic rings. The summed E-state index contributed by atoms with van der Waals surface area (Å²) in [6, 6.07) is 5.89. The number of benzene rings is 1. The van der Waals surface area contributed by atoms with Gasteiger partial charge >= 0.3 is 0 Å². The molecule has 1 N–H and O–H groups in total. The van der Waals surface area contributed by atoms with Crippen LogP contribution in [0.1, 0.15) is 24.0 Å². The molecule has 0 spiro atoms. The lowest BCUT2D eigenvalue weighted by molar-refractivity contribution is -0.144. The van der Waals surface area contributed by atoms with Gasteiger partial charge in [0.25, 0.3) is 0 Å². The van der Waals surface area contributed by atoms with Gasteiger partial charge in [-0.1, -0.05) is 12.1 Å². The molecule has 24 heavy (non-hydrogen) atoms. The number of carbonyl (C=O) groups excluding carboxylic acids is 3. The normalized spacial score (nSPS) is 18.9. The summed E-state index contributed by atoms with van der Waals surface area (Å²) in [5, 5.41) is 2.94. The van der Waals surface area contributed by atoms with E-state index in [1.54, 1.807) is 9.80 Å². The number of hydrogen-bond acceptors (Lipinski definition) is 3. The fraction of sp³-hybridized carbons (Fsp3) is 0.500. The summed E-state index contributed by atoms with van der Waals surface area (Å²) in [7, 11) is 0. The van der Waals surface area contributed by atoms with Crippen molar-refractivity contribution < 1.29 is 14.4 Å². The zero-order valence-electron chi connectivity index (χ0n) is 14.2. The van der Waals surface area contributed by atoms with E-state index in [9.17, 15) is 14.4 Å². The fourth-order valence-electron chi connectivity index (χ4n) is 3.11. The highest BCUT2D eigenvalue weighted by Crippen LogP contribution is 2.48. The quantitative estimate of drug-likeness (QED) is 0.669. The number of piperazine rings is 1. The zero-order chi connectivity index (χ0) is 17.3. The van der Waals surface area contributed by atoms with Gasteiger partial charge in [0.05, 0.1) is 0 Å². The van der Waals surface area contributed by atoms with Crippen LogP contribution in [0, 0.1) is 19.3 Å². The van der Waals surface area contributed by atoms with E-state index in [0.717, 1.165) is 23.2 Å². The number of nitrogens with zero attached hydrogens (tertiary/aromatic N) is 2. The fourth-order valence-corrected chi connectivity index (χ4v) is 3.11. The van der Waals surface area contributed by atoms with Crippen molar-refractivity contribution in [1.29, 1.82) is 0 Å². The van der Waals surface area contributed by atoms with E-state index >= 15 is 0 Å². The van der Waals surface area contributed by atoms with Crippen LogP contribution in [0.5, 0.6) is 0 Å². The largest absolute Gasteiger partial charge is 0.342 e. The van der Waals surface area contributed by atoms with Crippen molar-refractivity contribution in [2.45, 2.75) is 26.7 Å². The molecule has 1 saturated carbocycles. The molecule has 0 radical (unpaired) electrons. The van der Waals surface area contributed by atoms with Crippen LogP contribution in [-0.2, 0) is 14.4 Å². The van der Waals surface area contributed by atoms with Gasteiger partial charge in [0.15, 0.2) is 0 Å². The summed E-state index contributed by atoms with van der Waals surface area (Å²) in [6.45, 7) is 5.97. The van der Waals surface area contributed by atoms with Crippen LogP contribution >= 0.6 is 0 Å². The second kappa shape index (κ2) is 6.26. The van der Waals surface area contributed by atoms with Gasteiger partial charge in [0.2, 0.25) is 18.2 Å². The Bertz CT molecular complexity index is 674. The van der Waals surface area contributed by atoms with Crippen molar-refractivity contribution >= 4 is 23.9 Å². The molecular formula is C18H23N3O3. The first kappa shape index (κ1) is 16.5. The van der Waals surface area contributed by atoms with Gasteiger partial charge in [-0.15, -0.1) is 0 Å². The molecule has 1 aliphatic carbocycles. The molecule has 1 aromatic carbocycles. The Morgan fingerprint density at radius 3 is 2.38 bits per heavy atom. The van der Waals surface area contributed by atoms with E-state index in [1.165, 1.54) is 0 Å². The molecule has 3 amide bonds. The predicted molar refractivity (Wildman–Crippen MR) is 90.4 cm³/mol. The van der Waals surface area contributed by atoms with Crippen molar-refractivity contribution in [2.24, 2.45) is 5.41 Å². The lowest BCUT2D eigenvalue weighted by atomic mass is 10.0. The number of nitrogens with one attached hydrogen (secondary N) is 1. The standard InChI is InChI=1S/C18H23N3O3/c1-13-3-4-14(2)15(11-13)19-16(23)18(5-6-18)17(24)21-9-7-20(12-22)8-10-21/h3-4,11-12H,5-10H2,1-2H3,(H,19,23). The molecule has 0 bridgehead atoms. The molecule has 2 fully saturated rings. The average molecular weight is 329 g/mol. The van der Waals surface area contributed by atoms with Crippen molar-refractivity contribution in [3.05, 3.63) is 29.3 Å². The van der Waals surface area contributed by atoms with E-state index in [0.29, 0.717) is 39.0 Å². The van der Waals surface area contributed by atoms with E-state index in [2.05, 4.69) is 5.32 Å². The van der Waals surface area contributed by atoms with Crippen LogP contribution in [0.2, 0.25) is 0 Å². The lowest BCUT2D eigenvalue weighted by Gasteiger charge is -2.34. The van der Waals surface area contributed by atoms with Crippen molar-refractivity contribution in [1.82, 2.24) is 9.80 Å². The van der Waals surface area contributed by atoms with E-state index < -0.39 is 5.41 Å².